The van der Waals surface area contributed by atoms with Gasteiger partial charge in [0.05, 0.1) is 4.92 Å². The normalized spacial score (nSPS) is 12.2. The first-order chi connectivity index (χ1) is 7.56. The molecule has 0 saturated heterocycles. The zero-order chi connectivity index (χ0) is 12.1. The minimum absolute atomic E-state index is 0.228. The molecule has 0 aliphatic heterocycles. The highest BCUT2D eigenvalue weighted by molar-refractivity contribution is 7.99. The van der Waals surface area contributed by atoms with Crippen LogP contribution in [0.25, 0.3) is 0 Å². The molecule has 1 aromatic rings. The number of hydrogen-bond donors (Lipinski definition) is 1. The lowest BCUT2D eigenvalue weighted by molar-refractivity contribution is -0.386. The lowest BCUT2D eigenvalue weighted by Gasteiger charge is -2.11. The smallest absolute Gasteiger partial charge is 0.327 e. The Kier molecular flexibility index (Phi) is 4.54. The van der Waals surface area contributed by atoms with Crippen LogP contribution in [0.5, 0.6) is 0 Å². The lowest BCUT2D eigenvalue weighted by Crippen LogP contribution is -2.14. The van der Waals surface area contributed by atoms with Crippen LogP contribution in [0.4, 0.5) is 15.8 Å². The maximum absolute atomic E-state index is 13.2. The molecule has 1 N–H and O–H groups in total. The summed E-state index contributed by atoms with van der Waals surface area (Å²) >= 11 is 1.64. The van der Waals surface area contributed by atoms with Gasteiger partial charge < -0.3 is 5.32 Å². The van der Waals surface area contributed by atoms with E-state index in [0.717, 1.165) is 6.07 Å². The quantitative estimate of drug-likeness (QED) is 0.639. The first-order valence-electron chi connectivity index (χ1n) is 4.75. The highest BCUT2D eigenvalue weighted by atomic mass is 32.2. The van der Waals surface area contributed by atoms with Crippen molar-refractivity contribution in [1.82, 2.24) is 0 Å². The number of halogens is 1. The van der Waals surface area contributed by atoms with Crippen molar-refractivity contribution in [3.05, 3.63) is 34.1 Å². The predicted octanol–water partition coefficient (Wildman–Crippen LogP) is 2.90. The Labute approximate surface area is 97.4 Å². The summed E-state index contributed by atoms with van der Waals surface area (Å²) in [6.45, 7) is 2.55. The summed E-state index contributed by atoms with van der Waals surface area (Å²) in [5.74, 6) is -0.813. The Morgan fingerprint density at radius 1 is 1.62 bits per heavy atom. The van der Waals surface area contributed by atoms with Gasteiger partial charge in [-0.3, -0.25) is 10.1 Å². The fraction of sp³-hybridized carbons (Fsp3) is 0.400. The Bertz CT molecular complexity index is 387. The Morgan fingerprint density at radius 3 is 2.88 bits per heavy atom. The molecule has 6 heteroatoms. The summed E-state index contributed by atoms with van der Waals surface area (Å²) in [6, 6.07) is 4.05. The largest absolute Gasteiger partial charge is 0.378 e. The van der Waals surface area contributed by atoms with E-state index in [4.69, 9.17) is 0 Å². The van der Waals surface area contributed by atoms with Crippen LogP contribution in [-0.2, 0) is 0 Å². The Balaban J connectivity index is 2.87. The Hall–Kier alpha value is -1.30. The molecule has 1 rings (SSSR count). The van der Waals surface area contributed by atoms with Crippen molar-refractivity contribution in [3.63, 3.8) is 0 Å². The molecule has 0 heterocycles. The van der Waals surface area contributed by atoms with Gasteiger partial charge in [-0.25, -0.2) is 0 Å². The minimum atomic E-state index is -0.813. The predicted molar refractivity (Wildman–Crippen MR) is 64.5 cm³/mol. The van der Waals surface area contributed by atoms with E-state index in [1.165, 1.54) is 12.1 Å². The highest BCUT2D eigenvalue weighted by Gasteiger charge is 2.19. The van der Waals surface area contributed by atoms with E-state index in [0.29, 0.717) is 11.8 Å². The number of nitro benzene ring substituents is 1. The fourth-order valence-electron chi connectivity index (χ4n) is 1.18. The molecule has 1 atom stereocenters. The first-order valence-corrected chi connectivity index (χ1v) is 6.04. The maximum atomic E-state index is 13.2. The third-order valence-corrected chi connectivity index (χ3v) is 3.12. The number of nitro groups is 1. The van der Waals surface area contributed by atoms with Gasteiger partial charge >= 0.3 is 5.69 Å². The van der Waals surface area contributed by atoms with E-state index >= 15 is 0 Å². The van der Waals surface area contributed by atoms with Gasteiger partial charge in [0.1, 0.15) is 5.69 Å². The molecule has 1 unspecified atom stereocenters. The van der Waals surface area contributed by atoms with Crippen molar-refractivity contribution in [2.75, 3.05) is 18.1 Å². The van der Waals surface area contributed by atoms with E-state index in [1.807, 2.05) is 13.2 Å². The molecule has 0 spiro atoms. The third-order valence-electron chi connectivity index (χ3n) is 2.15. The second-order valence-corrected chi connectivity index (χ2v) is 4.60. The van der Waals surface area contributed by atoms with Crippen LogP contribution in [0.3, 0.4) is 0 Å². The summed E-state index contributed by atoms with van der Waals surface area (Å²) in [4.78, 5) is 9.97. The average molecular weight is 244 g/mol. The number of anilines is 1. The molecule has 0 fully saturated rings. The van der Waals surface area contributed by atoms with Crippen LogP contribution in [-0.4, -0.2) is 23.0 Å². The van der Waals surface area contributed by atoms with Crippen LogP contribution >= 0.6 is 11.8 Å². The van der Waals surface area contributed by atoms with Crippen LogP contribution < -0.4 is 5.32 Å². The zero-order valence-electron chi connectivity index (χ0n) is 9.07. The molecule has 0 amide bonds. The van der Waals surface area contributed by atoms with Crippen molar-refractivity contribution >= 4 is 23.1 Å². The third kappa shape index (κ3) is 3.10. The number of rotatable bonds is 5. The van der Waals surface area contributed by atoms with Crippen molar-refractivity contribution in [2.24, 2.45) is 0 Å². The molecule has 4 nitrogen and oxygen atoms in total. The molecule has 88 valence electrons. The number of thioether (sulfide) groups is 1. The molecule has 0 bridgehead atoms. The van der Waals surface area contributed by atoms with E-state index in [1.54, 1.807) is 11.8 Å². The van der Waals surface area contributed by atoms with Gasteiger partial charge in [0.15, 0.2) is 0 Å². The van der Waals surface area contributed by atoms with Crippen LogP contribution in [0, 0.1) is 15.9 Å². The van der Waals surface area contributed by atoms with E-state index < -0.39 is 16.4 Å². The van der Waals surface area contributed by atoms with E-state index in [2.05, 4.69) is 5.32 Å². The zero-order valence-corrected chi connectivity index (χ0v) is 9.88. The topological polar surface area (TPSA) is 55.2 Å². The second-order valence-electron chi connectivity index (χ2n) is 3.32. The number of nitrogens with zero attached hydrogens (tertiary/aromatic N) is 1. The summed E-state index contributed by atoms with van der Waals surface area (Å²) in [5.41, 5.74) is -0.262. The Morgan fingerprint density at radius 2 is 2.31 bits per heavy atom. The van der Waals surface area contributed by atoms with Crippen molar-refractivity contribution < 1.29 is 9.31 Å². The average Bonchev–Trinajstić information content (AvgIpc) is 2.25. The molecule has 1 aromatic carbocycles. The number of nitrogens with one attached hydrogen (secondary N) is 1. The molecule has 0 saturated carbocycles. The van der Waals surface area contributed by atoms with Gasteiger partial charge in [-0.15, -0.1) is 0 Å². The summed E-state index contributed by atoms with van der Waals surface area (Å²) in [5, 5.41) is 13.9. The van der Waals surface area contributed by atoms with Gasteiger partial charge in [0.25, 0.3) is 0 Å². The van der Waals surface area contributed by atoms with Crippen molar-refractivity contribution in [2.45, 2.75) is 12.2 Å². The number of benzene rings is 1. The number of para-hydroxylation sites is 1. The molecule has 0 radical (unpaired) electrons. The second kappa shape index (κ2) is 5.69. The van der Waals surface area contributed by atoms with Gasteiger partial charge in [0.2, 0.25) is 5.82 Å². The standard InChI is InChI=1S/C10H13FN2O2S/c1-7(16-2)6-12-9-5-3-4-8(11)10(9)13(14)15/h3-5,7,12H,6H2,1-2H3. The van der Waals surface area contributed by atoms with Crippen LogP contribution in [0.2, 0.25) is 0 Å². The minimum Gasteiger partial charge on any atom is -0.378 e. The lowest BCUT2D eigenvalue weighted by atomic mass is 10.2. The molecule has 0 aliphatic rings. The summed E-state index contributed by atoms with van der Waals surface area (Å²) in [6.07, 6.45) is 1.95. The van der Waals surface area contributed by atoms with Gasteiger partial charge in [0, 0.05) is 11.8 Å². The molecule has 16 heavy (non-hydrogen) atoms. The van der Waals surface area contributed by atoms with Crippen molar-refractivity contribution in [1.29, 1.82) is 0 Å². The van der Waals surface area contributed by atoms with Crippen molar-refractivity contribution in [3.8, 4) is 0 Å². The van der Waals surface area contributed by atoms with Crippen LogP contribution in [0.1, 0.15) is 6.92 Å². The first kappa shape index (κ1) is 12.8. The van der Waals surface area contributed by atoms with Gasteiger partial charge in [-0.1, -0.05) is 13.0 Å². The molecule has 0 aliphatic carbocycles. The number of hydrogen-bond acceptors (Lipinski definition) is 4. The monoisotopic (exact) mass is 244 g/mol. The molecular weight excluding hydrogens is 231 g/mol. The maximum Gasteiger partial charge on any atom is 0.327 e. The van der Waals surface area contributed by atoms with Gasteiger partial charge in [-0.05, 0) is 18.4 Å². The molecular formula is C10H13FN2O2S. The van der Waals surface area contributed by atoms with E-state index in [-0.39, 0.29) is 5.69 Å². The SMILES string of the molecule is CSC(C)CNc1cccc(F)c1[N+](=O)[O-]. The summed E-state index contributed by atoms with van der Waals surface area (Å²) in [7, 11) is 0. The fourth-order valence-corrected chi connectivity index (χ4v) is 1.43. The highest BCUT2D eigenvalue weighted by Crippen LogP contribution is 2.27. The summed E-state index contributed by atoms with van der Waals surface area (Å²) < 4.78 is 13.2. The van der Waals surface area contributed by atoms with Crippen LogP contribution in [0.15, 0.2) is 18.2 Å². The van der Waals surface area contributed by atoms with E-state index in [9.17, 15) is 14.5 Å². The van der Waals surface area contributed by atoms with Gasteiger partial charge in [-0.2, -0.15) is 16.2 Å². The molecule has 0 aromatic heterocycles.